The molecule has 0 aliphatic heterocycles. The van der Waals surface area contributed by atoms with Crippen molar-refractivity contribution in [2.45, 2.75) is 0 Å². The summed E-state index contributed by atoms with van der Waals surface area (Å²) in [6.07, 6.45) is 2.90. The lowest BCUT2D eigenvalue weighted by Gasteiger charge is -2.08. The highest BCUT2D eigenvalue weighted by atomic mass is 16.2. The molecular weight excluding hydrogens is 166 g/mol. The van der Waals surface area contributed by atoms with Crippen LogP contribution >= 0.6 is 0 Å². The van der Waals surface area contributed by atoms with E-state index < -0.39 is 11.6 Å². The predicted molar refractivity (Wildman–Crippen MR) is 49.2 cm³/mol. The molecule has 13 heavy (non-hydrogen) atoms. The van der Waals surface area contributed by atoms with Gasteiger partial charge in [-0.3, -0.25) is 9.59 Å². The van der Waals surface area contributed by atoms with Gasteiger partial charge in [-0.05, 0) is 23.8 Å². The zero-order valence-electron chi connectivity index (χ0n) is 6.78. The summed E-state index contributed by atoms with van der Waals surface area (Å²) < 4.78 is 0. The predicted octanol–water partition coefficient (Wildman–Crippen LogP) is 1.05. The number of ketones is 2. The molecule has 2 N–H and O–H groups in total. The first-order chi connectivity index (χ1) is 6.18. The van der Waals surface area contributed by atoms with Crippen LogP contribution < -0.4 is 5.73 Å². The van der Waals surface area contributed by atoms with Gasteiger partial charge in [0.2, 0.25) is 11.6 Å². The third-order valence-corrected chi connectivity index (χ3v) is 1.96. The molecule has 0 unspecified atom stereocenters. The van der Waals surface area contributed by atoms with Crippen molar-refractivity contribution in [3.8, 4) is 0 Å². The van der Waals surface area contributed by atoms with Crippen LogP contribution in [0.25, 0.3) is 6.08 Å². The van der Waals surface area contributed by atoms with Gasteiger partial charge in [0.25, 0.3) is 0 Å². The highest BCUT2D eigenvalue weighted by Crippen LogP contribution is 2.19. The lowest BCUT2D eigenvalue weighted by Crippen LogP contribution is -2.16. The summed E-state index contributed by atoms with van der Waals surface area (Å²) in [5.74, 6) is -0.970. The van der Waals surface area contributed by atoms with E-state index in [9.17, 15) is 9.59 Å². The molecule has 0 aromatic heterocycles. The van der Waals surface area contributed by atoms with Crippen LogP contribution in [0, 0.1) is 0 Å². The molecule has 2 rings (SSSR count). The summed E-state index contributed by atoms with van der Waals surface area (Å²) >= 11 is 0. The highest BCUT2D eigenvalue weighted by Gasteiger charge is 2.20. The Balaban J connectivity index is 2.67. The van der Waals surface area contributed by atoms with Crippen molar-refractivity contribution >= 4 is 23.3 Å². The molecule has 3 heteroatoms. The van der Waals surface area contributed by atoms with E-state index in [-0.39, 0.29) is 0 Å². The lowest BCUT2D eigenvalue weighted by molar-refractivity contribution is -0.110. The van der Waals surface area contributed by atoms with E-state index in [1.807, 2.05) is 0 Å². The van der Waals surface area contributed by atoms with Gasteiger partial charge in [0.15, 0.2) is 0 Å². The van der Waals surface area contributed by atoms with E-state index in [4.69, 9.17) is 5.73 Å². The Morgan fingerprint density at radius 2 is 1.85 bits per heavy atom. The third-order valence-electron chi connectivity index (χ3n) is 1.96. The summed E-state index contributed by atoms with van der Waals surface area (Å²) in [6.45, 7) is 0. The molecular formula is C10H7NO2. The van der Waals surface area contributed by atoms with Crippen LogP contribution in [-0.2, 0) is 4.79 Å². The molecule has 64 valence electrons. The first kappa shape index (κ1) is 7.73. The Bertz CT molecular complexity index is 433. The van der Waals surface area contributed by atoms with Crippen LogP contribution in [0.1, 0.15) is 15.9 Å². The Kier molecular flexibility index (Phi) is 1.52. The average Bonchev–Trinajstić information content (AvgIpc) is 2.12. The van der Waals surface area contributed by atoms with Crippen LogP contribution in [0.5, 0.6) is 0 Å². The largest absolute Gasteiger partial charge is 0.399 e. The molecule has 0 spiro atoms. The molecule has 0 bridgehead atoms. The minimum absolute atomic E-state index is 0.396. The molecule has 1 aliphatic carbocycles. The van der Waals surface area contributed by atoms with Gasteiger partial charge in [-0.2, -0.15) is 0 Å². The second kappa shape index (κ2) is 2.55. The first-order valence-electron chi connectivity index (χ1n) is 3.85. The number of hydrogen-bond acceptors (Lipinski definition) is 3. The summed E-state index contributed by atoms with van der Waals surface area (Å²) in [7, 11) is 0. The van der Waals surface area contributed by atoms with Gasteiger partial charge >= 0.3 is 0 Å². The van der Waals surface area contributed by atoms with Crippen LogP contribution in [0.2, 0.25) is 0 Å². The van der Waals surface area contributed by atoms with Crippen molar-refractivity contribution in [1.82, 2.24) is 0 Å². The van der Waals surface area contributed by atoms with E-state index in [2.05, 4.69) is 0 Å². The molecule has 0 amide bonds. The Labute approximate surface area is 74.9 Å². The SMILES string of the molecule is Nc1ccc2c(c1)C(=O)C(=O)C=C2. The number of nitrogens with two attached hydrogens (primary N) is 1. The smallest absolute Gasteiger partial charge is 0.233 e. The van der Waals surface area contributed by atoms with Crippen molar-refractivity contribution in [2.24, 2.45) is 0 Å². The van der Waals surface area contributed by atoms with Gasteiger partial charge < -0.3 is 5.73 Å². The number of carbonyl (C=O) groups excluding carboxylic acids is 2. The zero-order chi connectivity index (χ0) is 9.42. The van der Waals surface area contributed by atoms with Gasteiger partial charge in [-0.25, -0.2) is 0 Å². The lowest BCUT2D eigenvalue weighted by atomic mass is 9.95. The summed E-state index contributed by atoms with van der Waals surface area (Å²) in [4.78, 5) is 22.3. The fourth-order valence-corrected chi connectivity index (χ4v) is 1.29. The van der Waals surface area contributed by atoms with E-state index in [0.717, 1.165) is 5.56 Å². The van der Waals surface area contributed by atoms with Gasteiger partial charge in [-0.15, -0.1) is 0 Å². The molecule has 0 heterocycles. The Morgan fingerprint density at radius 1 is 1.08 bits per heavy atom. The quantitative estimate of drug-likeness (QED) is 0.471. The maximum atomic E-state index is 11.3. The van der Waals surface area contributed by atoms with E-state index in [0.29, 0.717) is 11.3 Å². The normalized spacial score (nSPS) is 14.5. The number of hydrogen-bond donors (Lipinski definition) is 1. The number of fused-ring (bicyclic) bond motifs is 1. The average molecular weight is 173 g/mol. The highest BCUT2D eigenvalue weighted by molar-refractivity contribution is 6.50. The molecule has 0 radical (unpaired) electrons. The van der Waals surface area contributed by atoms with Crippen molar-refractivity contribution in [3.63, 3.8) is 0 Å². The third kappa shape index (κ3) is 1.14. The minimum atomic E-state index is -0.488. The number of anilines is 1. The van der Waals surface area contributed by atoms with Crippen molar-refractivity contribution in [3.05, 3.63) is 35.4 Å². The number of nitrogen functional groups attached to an aromatic ring is 1. The Morgan fingerprint density at radius 3 is 2.62 bits per heavy atom. The molecule has 0 saturated heterocycles. The maximum Gasteiger partial charge on any atom is 0.233 e. The summed E-state index contributed by atoms with van der Waals surface area (Å²) in [6, 6.07) is 4.96. The molecule has 1 aromatic rings. The molecule has 3 nitrogen and oxygen atoms in total. The van der Waals surface area contributed by atoms with E-state index in [1.165, 1.54) is 12.1 Å². The second-order valence-electron chi connectivity index (χ2n) is 2.87. The topological polar surface area (TPSA) is 60.2 Å². The molecule has 0 fully saturated rings. The van der Waals surface area contributed by atoms with Crippen molar-refractivity contribution in [2.75, 3.05) is 5.73 Å². The van der Waals surface area contributed by atoms with Gasteiger partial charge in [-0.1, -0.05) is 12.1 Å². The van der Waals surface area contributed by atoms with Crippen LogP contribution in [0.3, 0.4) is 0 Å². The summed E-state index contributed by atoms with van der Waals surface area (Å²) in [5.41, 5.74) is 7.14. The maximum absolute atomic E-state index is 11.3. The molecule has 1 aromatic carbocycles. The second-order valence-corrected chi connectivity index (χ2v) is 2.87. The fraction of sp³-hybridized carbons (Fsp3) is 0. The van der Waals surface area contributed by atoms with Crippen LogP contribution in [0.15, 0.2) is 24.3 Å². The number of Topliss-reactive ketones (excluding diaryl/α,β-unsaturated/α-hetero) is 1. The number of carbonyl (C=O) groups is 2. The van der Waals surface area contributed by atoms with E-state index >= 15 is 0 Å². The molecule has 0 saturated carbocycles. The van der Waals surface area contributed by atoms with Crippen molar-refractivity contribution < 1.29 is 9.59 Å². The minimum Gasteiger partial charge on any atom is -0.399 e. The van der Waals surface area contributed by atoms with E-state index in [1.54, 1.807) is 18.2 Å². The van der Waals surface area contributed by atoms with Crippen molar-refractivity contribution in [1.29, 1.82) is 0 Å². The van der Waals surface area contributed by atoms with Crippen LogP contribution in [-0.4, -0.2) is 11.6 Å². The van der Waals surface area contributed by atoms with Crippen LogP contribution in [0.4, 0.5) is 5.69 Å². The standard InChI is InChI=1S/C10H7NO2/c11-7-3-1-6-2-4-9(12)10(13)8(6)5-7/h1-5H,11H2. The zero-order valence-corrected chi connectivity index (χ0v) is 6.78. The summed E-state index contributed by atoms with van der Waals surface area (Å²) in [5, 5.41) is 0. The fourth-order valence-electron chi connectivity index (χ4n) is 1.29. The molecule has 0 atom stereocenters. The monoisotopic (exact) mass is 173 g/mol. The number of benzene rings is 1. The van der Waals surface area contributed by atoms with Gasteiger partial charge in [0.1, 0.15) is 0 Å². The Hall–Kier alpha value is -1.90. The van der Waals surface area contributed by atoms with Gasteiger partial charge in [0, 0.05) is 11.3 Å². The number of allylic oxidation sites excluding steroid dienone is 1. The van der Waals surface area contributed by atoms with Gasteiger partial charge in [0.05, 0.1) is 0 Å². The first-order valence-corrected chi connectivity index (χ1v) is 3.85. The molecule has 1 aliphatic rings. The number of rotatable bonds is 0.